The monoisotopic (exact) mass is 542 g/mol. The van der Waals surface area contributed by atoms with E-state index in [2.05, 4.69) is 10.3 Å². The van der Waals surface area contributed by atoms with E-state index in [0.29, 0.717) is 6.42 Å². The topological polar surface area (TPSA) is 88.5 Å². The normalized spacial score (nSPS) is 13.3. The highest BCUT2D eigenvalue weighted by Crippen LogP contribution is 2.35. The van der Waals surface area contributed by atoms with Gasteiger partial charge in [0.25, 0.3) is 5.91 Å². The number of hydrogen-bond donors (Lipinski definition) is 2. The molecule has 0 aliphatic heterocycles. The number of amides is 1. The largest absolute Gasteiger partial charge is 0.486 e. The summed E-state index contributed by atoms with van der Waals surface area (Å²) in [6.45, 7) is 4.59. The van der Waals surface area contributed by atoms with E-state index in [1.165, 1.54) is 12.1 Å². The van der Waals surface area contributed by atoms with E-state index in [-0.39, 0.29) is 27.8 Å². The van der Waals surface area contributed by atoms with Crippen molar-refractivity contribution in [2.45, 2.75) is 52.2 Å². The van der Waals surface area contributed by atoms with Gasteiger partial charge in [0.05, 0.1) is 11.1 Å². The van der Waals surface area contributed by atoms with Gasteiger partial charge < -0.3 is 15.2 Å². The number of halogens is 6. The predicted octanol–water partition coefficient (Wildman–Crippen LogP) is 6.47. The number of carbonyl (C=O) groups is 2. The summed E-state index contributed by atoms with van der Waals surface area (Å²) in [5.74, 6) is -2.61. The maximum atomic E-state index is 13.4. The van der Waals surface area contributed by atoms with Gasteiger partial charge >= 0.3 is 18.3 Å². The fourth-order valence-electron chi connectivity index (χ4n) is 3.60. The van der Waals surface area contributed by atoms with Crippen molar-refractivity contribution in [1.29, 1.82) is 0 Å². The number of carboxylic acid groups (broad SMARTS) is 1. The van der Waals surface area contributed by atoms with Crippen LogP contribution >= 0.6 is 0 Å². The van der Waals surface area contributed by atoms with Gasteiger partial charge in [0.1, 0.15) is 23.9 Å². The van der Waals surface area contributed by atoms with E-state index in [9.17, 15) is 41.0 Å². The molecule has 1 amide bonds. The van der Waals surface area contributed by atoms with Gasteiger partial charge in [-0.25, -0.2) is 9.78 Å². The molecule has 38 heavy (non-hydrogen) atoms. The van der Waals surface area contributed by atoms with Crippen LogP contribution in [0.5, 0.6) is 5.75 Å². The van der Waals surface area contributed by atoms with E-state index in [0.717, 1.165) is 36.4 Å². The maximum Gasteiger partial charge on any atom is 0.433 e. The van der Waals surface area contributed by atoms with Gasteiger partial charge in [-0.05, 0) is 41.7 Å². The fraction of sp³-hybridized carbons (Fsp3) is 0.346. The van der Waals surface area contributed by atoms with Crippen LogP contribution < -0.4 is 10.1 Å². The number of ether oxygens (including phenoxy) is 1. The number of nitrogens with one attached hydrogen (secondary N) is 1. The molecule has 3 rings (SSSR count). The molecule has 204 valence electrons. The second kappa shape index (κ2) is 10.5. The third-order valence-electron chi connectivity index (χ3n) is 6.23. The summed E-state index contributed by atoms with van der Waals surface area (Å²) in [7, 11) is 0. The van der Waals surface area contributed by atoms with Crippen LogP contribution in [-0.4, -0.2) is 28.0 Å². The Labute approximate surface area is 213 Å². The van der Waals surface area contributed by atoms with Crippen molar-refractivity contribution in [2.24, 2.45) is 5.41 Å². The van der Waals surface area contributed by atoms with Crippen LogP contribution in [0, 0.1) is 5.41 Å². The van der Waals surface area contributed by atoms with Crippen LogP contribution in [0.2, 0.25) is 0 Å². The van der Waals surface area contributed by atoms with Gasteiger partial charge in [0.2, 0.25) is 0 Å². The van der Waals surface area contributed by atoms with E-state index in [4.69, 9.17) is 4.74 Å². The molecule has 2 N–H and O–H groups in total. The minimum absolute atomic E-state index is 0.195. The summed E-state index contributed by atoms with van der Waals surface area (Å²) in [5.41, 5.74) is -3.39. The van der Waals surface area contributed by atoms with Crippen LogP contribution in [-0.2, 0) is 23.8 Å². The lowest BCUT2D eigenvalue weighted by Crippen LogP contribution is -2.50. The molecule has 1 unspecified atom stereocenters. The number of aromatic nitrogens is 1. The third-order valence-corrected chi connectivity index (χ3v) is 6.23. The minimum Gasteiger partial charge on any atom is -0.486 e. The number of carboxylic acids is 1. The van der Waals surface area contributed by atoms with Gasteiger partial charge in [-0.2, -0.15) is 26.3 Å². The number of aliphatic carboxylic acids is 1. The molecule has 0 fully saturated rings. The highest BCUT2D eigenvalue weighted by Gasteiger charge is 2.37. The smallest absolute Gasteiger partial charge is 0.433 e. The summed E-state index contributed by atoms with van der Waals surface area (Å²) in [5, 5.41) is 12.3. The summed E-state index contributed by atoms with van der Waals surface area (Å²) in [6, 6.07) is 7.05. The van der Waals surface area contributed by atoms with E-state index in [1.807, 2.05) is 0 Å². The maximum absolute atomic E-state index is 13.4. The van der Waals surface area contributed by atoms with Gasteiger partial charge in [0.15, 0.2) is 5.75 Å². The van der Waals surface area contributed by atoms with E-state index in [1.54, 1.807) is 20.8 Å². The zero-order valence-corrected chi connectivity index (χ0v) is 20.5. The van der Waals surface area contributed by atoms with Crippen LogP contribution in [0.3, 0.4) is 0 Å². The molecule has 0 aliphatic rings. The number of benzene rings is 2. The summed E-state index contributed by atoms with van der Waals surface area (Å²) < 4.78 is 84.5. The van der Waals surface area contributed by atoms with Crippen molar-refractivity contribution in [3.8, 4) is 5.75 Å². The number of hydrogen-bond acceptors (Lipinski definition) is 4. The Morgan fingerprint density at radius 1 is 0.947 bits per heavy atom. The molecule has 0 saturated carbocycles. The van der Waals surface area contributed by atoms with Crippen molar-refractivity contribution < 1.29 is 45.8 Å². The second-order valence-electron chi connectivity index (χ2n) is 9.28. The lowest BCUT2D eigenvalue weighted by atomic mass is 9.81. The lowest BCUT2D eigenvalue weighted by Gasteiger charge is -2.31. The number of nitrogens with zero attached hydrogens (tertiary/aromatic N) is 1. The van der Waals surface area contributed by atoms with Crippen molar-refractivity contribution in [3.05, 3.63) is 70.9 Å². The Morgan fingerprint density at radius 2 is 1.55 bits per heavy atom. The molecule has 0 radical (unpaired) electrons. The average Bonchev–Trinajstić information content (AvgIpc) is 2.84. The van der Waals surface area contributed by atoms with Crippen molar-refractivity contribution in [2.75, 3.05) is 0 Å². The number of rotatable bonds is 8. The van der Waals surface area contributed by atoms with Crippen molar-refractivity contribution >= 4 is 22.8 Å². The molecule has 0 aliphatic carbocycles. The van der Waals surface area contributed by atoms with Gasteiger partial charge in [0, 0.05) is 5.39 Å². The molecule has 3 aromatic rings. The summed E-state index contributed by atoms with van der Waals surface area (Å²) in [4.78, 5) is 28.7. The van der Waals surface area contributed by atoms with Crippen LogP contribution in [0.25, 0.3) is 10.9 Å². The Balaban J connectivity index is 2.07. The first-order valence-electron chi connectivity index (χ1n) is 11.4. The number of alkyl halides is 6. The lowest BCUT2D eigenvalue weighted by molar-refractivity contribution is -0.142. The van der Waals surface area contributed by atoms with Crippen LogP contribution in [0.4, 0.5) is 26.3 Å². The first kappa shape index (κ1) is 28.7. The van der Waals surface area contributed by atoms with Crippen LogP contribution in [0.1, 0.15) is 54.4 Å². The summed E-state index contributed by atoms with van der Waals surface area (Å²) in [6.07, 6.45) is -8.99. The first-order chi connectivity index (χ1) is 17.5. The van der Waals surface area contributed by atoms with Gasteiger partial charge in [-0.3, -0.25) is 4.79 Å². The number of carbonyl (C=O) groups excluding carboxylic acids is 1. The van der Waals surface area contributed by atoms with Gasteiger partial charge in [-0.1, -0.05) is 45.0 Å². The molecule has 0 bridgehead atoms. The quantitative estimate of drug-likeness (QED) is 0.319. The molecular weight excluding hydrogens is 518 g/mol. The zero-order chi connectivity index (χ0) is 28.5. The highest BCUT2D eigenvalue weighted by molar-refractivity contribution is 6.04. The Hall–Kier alpha value is -3.83. The minimum atomic E-state index is -4.81. The Kier molecular flexibility index (Phi) is 7.94. The zero-order valence-electron chi connectivity index (χ0n) is 20.5. The summed E-state index contributed by atoms with van der Waals surface area (Å²) >= 11 is 0. The van der Waals surface area contributed by atoms with E-state index >= 15 is 0 Å². The molecule has 6 nitrogen and oxygen atoms in total. The number of fused-ring (bicyclic) bond motifs is 1. The van der Waals surface area contributed by atoms with Crippen molar-refractivity contribution in [3.63, 3.8) is 0 Å². The molecule has 1 atom stereocenters. The predicted molar refractivity (Wildman–Crippen MR) is 125 cm³/mol. The van der Waals surface area contributed by atoms with Crippen molar-refractivity contribution in [1.82, 2.24) is 10.3 Å². The molecule has 1 aromatic heterocycles. The third kappa shape index (κ3) is 6.35. The second-order valence-corrected chi connectivity index (χ2v) is 9.28. The molecule has 0 saturated heterocycles. The molecule has 1 heterocycles. The van der Waals surface area contributed by atoms with Gasteiger partial charge in [-0.15, -0.1) is 0 Å². The molecule has 0 spiro atoms. The SMILES string of the molecule is CCC(C)(C)C(NC(=O)c1ccc2ccc(C(F)(F)F)nc2c1OCc1ccc(C(F)(F)F)cc1)C(=O)O. The molecular formula is C26H24F6N2O4. The highest BCUT2D eigenvalue weighted by atomic mass is 19.4. The average molecular weight is 542 g/mol. The Bertz CT molecular complexity index is 1330. The Morgan fingerprint density at radius 3 is 2.08 bits per heavy atom. The molecule has 2 aromatic carbocycles. The molecule has 12 heteroatoms. The first-order valence-corrected chi connectivity index (χ1v) is 11.4. The number of pyridine rings is 1. The fourth-order valence-corrected chi connectivity index (χ4v) is 3.60. The van der Waals surface area contributed by atoms with Crippen LogP contribution in [0.15, 0.2) is 48.5 Å². The van der Waals surface area contributed by atoms with E-state index < -0.39 is 53.6 Å². The standard InChI is InChI=1S/C26H24F6N2O4/c1-4-24(2,3)21(23(36)37)34-22(35)17-11-7-15-8-12-18(26(30,31)32)33-19(15)20(17)38-13-14-5-9-16(10-6-14)25(27,28)29/h5-12,21H,4,13H2,1-3H3,(H,34,35)(H,36,37).